The maximum Gasteiger partial charge on any atom is 0.198 e. The fourth-order valence-electron chi connectivity index (χ4n) is 2.77. The van der Waals surface area contributed by atoms with Gasteiger partial charge in [0.2, 0.25) is 0 Å². The SMILES string of the molecule is COc1ccc2[nH]cc([C@@H](C)CC(=O)c3nccn3C)c2c1. The summed E-state index contributed by atoms with van der Waals surface area (Å²) in [6.07, 6.45) is 5.83. The van der Waals surface area contributed by atoms with Gasteiger partial charge in [-0.25, -0.2) is 4.98 Å². The molecule has 2 heterocycles. The highest BCUT2D eigenvalue weighted by Crippen LogP contribution is 2.30. The van der Waals surface area contributed by atoms with E-state index in [1.807, 2.05) is 31.4 Å². The van der Waals surface area contributed by atoms with Gasteiger partial charge >= 0.3 is 0 Å². The molecule has 0 aliphatic heterocycles. The minimum atomic E-state index is 0.0530. The molecule has 1 atom stereocenters. The van der Waals surface area contributed by atoms with Crippen molar-refractivity contribution < 1.29 is 9.53 Å². The van der Waals surface area contributed by atoms with Gasteiger partial charge in [-0.05, 0) is 29.7 Å². The zero-order chi connectivity index (χ0) is 15.7. The molecule has 3 aromatic rings. The number of Topliss-reactive ketones (excluding diaryl/α,β-unsaturated/α-hetero) is 1. The maximum atomic E-state index is 12.4. The third-order valence-electron chi connectivity index (χ3n) is 4.01. The lowest BCUT2D eigenvalue weighted by Gasteiger charge is -2.10. The number of rotatable bonds is 5. The van der Waals surface area contributed by atoms with Gasteiger partial charge in [0.05, 0.1) is 7.11 Å². The van der Waals surface area contributed by atoms with Crippen LogP contribution in [0.2, 0.25) is 0 Å². The highest BCUT2D eigenvalue weighted by Gasteiger charge is 2.19. The van der Waals surface area contributed by atoms with Crippen LogP contribution in [0, 0.1) is 0 Å². The molecule has 22 heavy (non-hydrogen) atoms. The molecule has 5 nitrogen and oxygen atoms in total. The van der Waals surface area contributed by atoms with Crippen molar-refractivity contribution >= 4 is 16.7 Å². The van der Waals surface area contributed by atoms with Crippen molar-refractivity contribution in [3.63, 3.8) is 0 Å². The lowest BCUT2D eigenvalue weighted by Crippen LogP contribution is -2.10. The van der Waals surface area contributed by atoms with Gasteiger partial charge in [0.25, 0.3) is 0 Å². The number of H-pyrrole nitrogens is 1. The number of carbonyl (C=O) groups excluding carboxylic acids is 1. The summed E-state index contributed by atoms with van der Waals surface area (Å²) in [6.45, 7) is 2.06. The van der Waals surface area contributed by atoms with Crippen molar-refractivity contribution in [2.24, 2.45) is 7.05 Å². The number of hydrogen-bond acceptors (Lipinski definition) is 3. The van der Waals surface area contributed by atoms with Crippen LogP contribution in [0.1, 0.15) is 35.4 Å². The molecule has 3 rings (SSSR count). The molecular formula is C17H19N3O2. The number of nitrogens with zero attached hydrogens (tertiary/aromatic N) is 2. The van der Waals surface area contributed by atoms with Crippen molar-refractivity contribution in [2.45, 2.75) is 19.3 Å². The minimum absolute atomic E-state index is 0.0530. The number of aromatic amines is 1. The topological polar surface area (TPSA) is 59.9 Å². The molecule has 0 saturated heterocycles. The van der Waals surface area contributed by atoms with Crippen LogP contribution in [-0.2, 0) is 7.05 Å². The standard InChI is InChI=1S/C17H19N3O2/c1-11(8-16(21)17-18-6-7-20(17)2)14-10-19-15-5-4-12(22-3)9-13(14)15/h4-7,9-11,19H,8H2,1-3H3/t11-/m0/s1. The number of nitrogens with one attached hydrogen (secondary N) is 1. The Hall–Kier alpha value is -2.56. The summed E-state index contributed by atoms with van der Waals surface area (Å²) in [5.74, 6) is 1.47. The first-order valence-corrected chi connectivity index (χ1v) is 7.25. The van der Waals surface area contributed by atoms with Crippen LogP contribution >= 0.6 is 0 Å². The molecule has 0 fully saturated rings. The highest BCUT2D eigenvalue weighted by atomic mass is 16.5. The van der Waals surface area contributed by atoms with E-state index in [9.17, 15) is 4.79 Å². The number of aryl methyl sites for hydroxylation is 1. The van der Waals surface area contributed by atoms with Crippen molar-refractivity contribution in [1.82, 2.24) is 14.5 Å². The van der Waals surface area contributed by atoms with Gasteiger partial charge in [0, 0.05) is 43.0 Å². The summed E-state index contributed by atoms with van der Waals surface area (Å²) >= 11 is 0. The first-order valence-electron chi connectivity index (χ1n) is 7.25. The van der Waals surface area contributed by atoms with Crippen LogP contribution in [0.3, 0.4) is 0 Å². The summed E-state index contributed by atoms with van der Waals surface area (Å²) in [6, 6.07) is 5.92. The molecular weight excluding hydrogens is 278 g/mol. The van der Waals surface area contributed by atoms with Gasteiger partial charge in [0.1, 0.15) is 5.75 Å². The lowest BCUT2D eigenvalue weighted by atomic mass is 9.95. The molecule has 1 N–H and O–H groups in total. The largest absolute Gasteiger partial charge is 0.497 e. The van der Waals surface area contributed by atoms with E-state index in [-0.39, 0.29) is 11.7 Å². The fourth-order valence-corrected chi connectivity index (χ4v) is 2.77. The second-order valence-corrected chi connectivity index (χ2v) is 5.55. The fraction of sp³-hybridized carbons (Fsp3) is 0.294. The number of hydrogen-bond donors (Lipinski definition) is 1. The summed E-state index contributed by atoms with van der Waals surface area (Å²) in [5.41, 5.74) is 2.17. The van der Waals surface area contributed by atoms with Crippen LogP contribution < -0.4 is 4.74 Å². The smallest absolute Gasteiger partial charge is 0.198 e. The van der Waals surface area contributed by atoms with Gasteiger partial charge in [0.15, 0.2) is 11.6 Å². The predicted octanol–water partition coefficient (Wildman–Crippen LogP) is 3.29. The number of ether oxygens (including phenoxy) is 1. The molecule has 0 bridgehead atoms. The average Bonchev–Trinajstić information content (AvgIpc) is 3.12. The van der Waals surface area contributed by atoms with Crippen LogP contribution in [0.4, 0.5) is 0 Å². The van der Waals surface area contributed by atoms with E-state index >= 15 is 0 Å². The number of carbonyl (C=O) groups is 1. The first-order chi connectivity index (χ1) is 10.6. The van der Waals surface area contributed by atoms with E-state index in [2.05, 4.69) is 16.9 Å². The Balaban J connectivity index is 1.87. The Bertz CT molecular complexity index is 816. The van der Waals surface area contributed by atoms with Crippen molar-refractivity contribution in [1.29, 1.82) is 0 Å². The van der Waals surface area contributed by atoms with Crippen LogP contribution in [-0.4, -0.2) is 27.4 Å². The molecule has 0 spiro atoms. The molecule has 5 heteroatoms. The molecule has 0 saturated carbocycles. The third kappa shape index (κ3) is 2.50. The van der Waals surface area contributed by atoms with Gasteiger partial charge in [-0.2, -0.15) is 0 Å². The number of imidazole rings is 1. The third-order valence-corrected chi connectivity index (χ3v) is 4.01. The van der Waals surface area contributed by atoms with Crippen LogP contribution in [0.5, 0.6) is 5.75 Å². The van der Waals surface area contributed by atoms with Crippen molar-refractivity contribution in [2.75, 3.05) is 7.11 Å². The van der Waals surface area contributed by atoms with E-state index < -0.39 is 0 Å². The number of methoxy groups -OCH3 is 1. The van der Waals surface area contributed by atoms with E-state index in [0.717, 1.165) is 22.2 Å². The quantitative estimate of drug-likeness (QED) is 0.735. The second kappa shape index (κ2) is 5.67. The van der Waals surface area contributed by atoms with Gasteiger partial charge < -0.3 is 14.3 Å². The van der Waals surface area contributed by atoms with E-state index in [0.29, 0.717) is 12.2 Å². The molecule has 0 amide bonds. The number of ketones is 1. The predicted molar refractivity (Wildman–Crippen MR) is 85.4 cm³/mol. The number of aromatic nitrogens is 3. The zero-order valence-corrected chi connectivity index (χ0v) is 13.0. The molecule has 0 unspecified atom stereocenters. The van der Waals surface area contributed by atoms with Crippen molar-refractivity contribution in [3.8, 4) is 5.75 Å². The van der Waals surface area contributed by atoms with Gasteiger partial charge in [-0.15, -0.1) is 0 Å². The Morgan fingerprint density at radius 2 is 2.27 bits per heavy atom. The normalized spacial score (nSPS) is 12.5. The zero-order valence-electron chi connectivity index (χ0n) is 13.0. The lowest BCUT2D eigenvalue weighted by molar-refractivity contribution is 0.0963. The molecule has 1 aromatic carbocycles. The van der Waals surface area contributed by atoms with Gasteiger partial charge in [-0.3, -0.25) is 4.79 Å². The van der Waals surface area contributed by atoms with E-state index in [1.165, 1.54) is 0 Å². The molecule has 0 radical (unpaired) electrons. The Labute approximate surface area is 128 Å². The average molecular weight is 297 g/mol. The summed E-state index contributed by atoms with van der Waals surface area (Å²) in [5, 5.41) is 1.10. The van der Waals surface area contributed by atoms with Crippen LogP contribution in [0.25, 0.3) is 10.9 Å². The van der Waals surface area contributed by atoms with Crippen molar-refractivity contribution in [3.05, 3.63) is 48.2 Å². The maximum absolute atomic E-state index is 12.4. The first kappa shape index (κ1) is 14.4. The summed E-state index contributed by atoms with van der Waals surface area (Å²) < 4.78 is 7.05. The summed E-state index contributed by atoms with van der Waals surface area (Å²) in [4.78, 5) is 19.8. The number of fused-ring (bicyclic) bond motifs is 1. The van der Waals surface area contributed by atoms with E-state index in [1.54, 1.807) is 24.1 Å². The van der Waals surface area contributed by atoms with Gasteiger partial charge in [-0.1, -0.05) is 6.92 Å². The van der Waals surface area contributed by atoms with Crippen LogP contribution in [0.15, 0.2) is 36.8 Å². The minimum Gasteiger partial charge on any atom is -0.497 e. The van der Waals surface area contributed by atoms with E-state index in [4.69, 9.17) is 4.74 Å². The molecule has 0 aliphatic carbocycles. The summed E-state index contributed by atoms with van der Waals surface area (Å²) in [7, 11) is 3.49. The second-order valence-electron chi connectivity index (χ2n) is 5.55. The number of benzene rings is 1. The Morgan fingerprint density at radius 3 is 2.95 bits per heavy atom. The Kier molecular flexibility index (Phi) is 3.71. The Morgan fingerprint density at radius 1 is 1.45 bits per heavy atom. The highest BCUT2D eigenvalue weighted by molar-refractivity contribution is 5.94. The molecule has 2 aromatic heterocycles. The molecule has 114 valence electrons. The molecule has 0 aliphatic rings. The monoisotopic (exact) mass is 297 g/mol.